The van der Waals surface area contributed by atoms with Crippen molar-refractivity contribution in [2.45, 2.75) is 43.3 Å². The van der Waals surface area contributed by atoms with E-state index in [0.29, 0.717) is 29.0 Å². The average Bonchev–Trinajstić information content (AvgIpc) is 3.18. The topological polar surface area (TPSA) is 92.6 Å². The number of halogens is 3. The summed E-state index contributed by atoms with van der Waals surface area (Å²) in [7, 11) is 0. The quantitative estimate of drug-likeness (QED) is 0.376. The molecule has 4 atom stereocenters. The number of hydrogen-bond acceptors (Lipinski definition) is 5. The minimum atomic E-state index is -1.60. The summed E-state index contributed by atoms with van der Waals surface area (Å²) in [5.74, 6) is -2.56. The fourth-order valence-corrected chi connectivity index (χ4v) is 5.71. The Kier molecular flexibility index (Phi) is 5.96. The maximum Gasteiger partial charge on any atom is 0.250 e. The number of amides is 1. The first kappa shape index (κ1) is 22.6. The molecule has 1 fully saturated rings. The van der Waals surface area contributed by atoms with Crippen molar-refractivity contribution in [1.82, 2.24) is 4.90 Å². The largest absolute Gasteiger partial charge is 0.324 e. The van der Waals surface area contributed by atoms with Crippen LogP contribution in [0.4, 0.5) is 10.1 Å². The van der Waals surface area contributed by atoms with E-state index in [-0.39, 0.29) is 23.6 Å². The van der Waals surface area contributed by atoms with Crippen LogP contribution in [0.3, 0.4) is 0 Å². The molecule has 0 aliphatic carbocycles. The number of carbonyl (C=O) groups is 2. The maximum atomic E-state index is 15.3. The van der Waals surface area contributed by atoms with Crippen molar-refractivity contribution in [2.24, 2.45) is 0 Å². The Balaban J connectivity index is 2.10. The first-order chi connectivity index (χ1) is 15.3. The predicted molar refractivity (Wildman–Crippen MR) is 118 cm³/mol. The molecule has 2 heterocycles. The van der Waals surface area contributed by atoms with Crippen molar-refractivity contribution < 1.29 is 18.9 Å². The number of rotatable bonds is 6. The molecule has 1 N–H and O–H groups in total. The third-order valence-electron chi connectivity index (χ3n) is 6.39. The molecule has 0 bridgehead atoms. The molecular weight excluding hydrogens is 460 g/mol. The summed E-state index contributed by atoms with van der Waals surface area (Å²) in [4.78, 5) is 38.8. The van der Waals surface area contributed by atoms with Gasteiger partial charge in [0.1, 0.15) is 17.6 Å². The first-order valence-electron chi connectivity index (χ1n) is 10.2. The molecule has 1 saturated heterocycles. The van der Waals surface area contributed by atoms with Crippen LogP contribution in [-0.4, -0.2) is 40.6 Å². The van der Waals surface area contributed by atoms with Crippen molar-refractivity contribution in [1.29, 1.82) is 0 Å². The van der Waals surface area contributed by atoms with Crippen LogP contribution in [0, 0.1) is 15.9 Å². The van der Waals surface area contributed by atoms with Gasteiger partial charge in [-0.3, -0.25) is 19.8 Å². The molecule has 1 spiro atoms. The number of hydrogen-bond donors (Lipinski definition) is 1. The van der Waals surface area contributed by atoms with Gasteiger partial charge in [0.2, 0.25) is 6.04 Å². The molecule has 7 nitrogen and oxygen atoms in total. The molecule has 2 aromatic carbocycles. The fourth-order valence-electron chi connectivity index (χ4n) is 5.36. The van der Waals surface area contributed by atoms with Crippen LogP contribution in [0.1, 0.15) is 36.8 Å². The molecule has 0 saturated carbocycles. The third kappa shape index (κ3) is 3.12. The summed E-state index contributed by atoms with van der Waals surface area (Å²) in [5.41, 5.74) is -0.770. The second kappa shape index (κ2) is 8.42. The van der Waals surface area contributed by atoms with Gasteiger partial charge in [0, 0.05) is 33.2 Å². The van der Waals surface area contributed by atoms with Gasteiger partial charge in [0.25, 0.3) is 5.91 Å². The van der Waals surface area contributed by atoms with E-state index in [9.17, 15) is 19.7 Å². The van der Waals surface area contributed by atoms with E-state index in [1.807, 2.05) is 6.92 Å². The number of benzene rings is 2. The number of anilines is 1. The monoisotopic (exact) mass is 479 g/mol. The van der Waals surface area contributed by atoms with E-state index < -0.39 is 40.2 Å². The zero-order valence-electron chi connectivity index (χ0n) is 17.1. The summed E-state index contributed by atoms with van der Waals surface area (Å²) in [6.45, 7) is 2.16. The van der Waals surface area contributed by atoms with E-state index in [1.165, 1.54) is 18.2 Å². The number of fused-ring (bicyclic) bond motifs is 2. The van der Waals surface area contributed by atoms with E-state index in [4.69, 9.17) is 23.2 Å². The summed E-state index contributed by atoms with van der Waals surface area (Å²) >= 11 is 12.2. The number of likely N-dealkylation sites (tertiary alicyclic amines) is 1. The van der Waals surface area contributed by atoms with Crippen LogP contribution >= 0.6 is 23.2 Å². The van der Waals surface area contributed by atoms with Gasteiger partial charge in [0.15, 0.2) is 0 Å². The smallest absolute Gasteiger partial charge is 0.250 e. The van der Waals surface area contributed by atoms with Crippen molar-refractivity contribution in [3.05, 3.63) is 73.5 Å². The van der Waals surface area contributed by atoms with Crippen LogP contribution in [0.5, 0.6) is 0 Å². The standard InChI is InChI=1S/C22H20Cl2FN3O4/c1-2-9-27-17(8-10-29)20(28(31)32)18(13-4-3-5-15(24)19(13)25)22(27)14-7-6-12(23)11-16(14)26-21(22)30/h3-7,10-11,17-18,20H,2,8-9H2,1H3,(H,26,30)/t17-,18-,20+,22+/m0/s1. The minimum Gasteiger partial charge on any atom is -0.324 e. The molecule has 0 aromatic heterocycles. The molecular formula is C22H20Cl2FN3O4. The Labute approximate surface area is 193 Å². The minimum absolute atomic E-state index is 0.0355. The molecule has 2 aliphatic heterocycles. The van der Waals surface area contributed by atoms with Gasteiger partial charge in [-0.1, -0.05) is 48.3 Å². The number of nitro groups is 1. The number of nitrogens with zero attached hydrogens (tertiary/aromatic N) is 2. The van der Waals surface area contributed by atoms with Crippen LogP contribution in [0.15, 0.2) is 36.4 Å². The van der Waals surface area contributed by atoms with E-state index >= 15 is 4.39 Å². The lowest BCUT2D eigenvalue weighted by molar-refractivity contribution is -0.528. The zero-order chi connectivity index (χ0) is 23.2. The highest BCUT2D eigenvalue weighted by Gasteiger charge is 2.71. The molecule has 0 unspecified atom stereocenters. The van der Waals surface area contributed by atoms with Crippen molar-refractivity contribution in [3.8, 4) is 0 Å². The van der Waals surface area contributed by atoms with Gasteiger partial charge in [-0.05, 0) is 31.2 Å². The lowest BCUT2D eigenvalue weighted by Crippen LogP contribution is -2.52. The summed E-state index contributed by atoms with van der Waals surface area (Å²) in [6.07, 6.45) is 0.981. The molecule has 4 rings (SSSR count). The Bertz CT molecular complexity index is 1110. The summed E-state index contributed by atoms with van der Waals surface area (Å²) in [5, 5.41) is 15.3. The second-order valence-electron chi connectivity index (χ2n) is 7.97. The van der Waals surface area contributed by atoms with Crippen molar-refractivity contribution in [2.75, 3.05) is 11.9 Å². The van der Waals surface area contributed by atoms with Crippen LogP contribution in [0.2, 0.25) is 10.0 Å². The Morgan fingerprint density at radius 1 is 1.31 bits per heavy atom. The highest BCUT2D eigenvalue weighted by molar-refractivity contribution is 6.31. The first-order valence-corrected chi connectivity index (χ1v) is 10.9. The highest BCUT2D eigenvalue weighted by atomic mass is 35.5. The molecule has 168 valence electrons. The van der Waals surface area contributed by atoms with Crippen molar-refractivity contribution >= 4 is 41.1 Å². The SMILES string of the molecule is CCCN1[C@@H](CC=O)[C@@H]([N+](=O)[O-])[C@H](c2cccc(Cl)c2F)[C@]12C(=O)Nc1cc(Cl)ccc12. The van der Waals surface area contributed by atoms with Crippen LogP contribution < -0.4 is 5.32 Å². The molecule has 0 radical (unpaired) electrons. The van der Waals surface area contributed by atoms with Crippen molar-refractivity contribution in [3.63, 3.8) is 0 Å². The summed E-state index contributed by atoms with van der Waals surface area (Å²) in [6, 6.07) is 6.70. The van der Waals surface area contributed by atoms with Gasteiger partial charge >= 0.3 is 0 Å². The van der Waals surface area contributed by atoms with Gasteiger partial charge in [-0.2, -0.15) is 0 Å². The Hall–Kier alpha value is -2.55. The molecule has 10 heteroatoms. The fraction of sp³-hybridized carbons (Fsp3) is 0.364. The molecule has 1 amide bonds. The maximum absolute atomic E-state index is 15.3. The molecule has 2 aromatic rings. The Morgan fingerprint density at radius 2 is 2.06 bits per heavy atom. The lowest BCUT2D eigenvalue weighted by Gasteiger charge is -2.38. The zero-order valence-corrected chi connectivity index (χ0v) is 18.6. The second-order valence-corrected chi connectivity index (χ2v) is 8.81. The molecule has 32 heavy (non-hydrogen) atoms. The third-order valence-corrected chi connectivity index (χ3v) is 6.92. The highest BCUT2D eigenvalue weighted by Crippen LogP contribution is 2.58. The van der Waals surface area contributed by atoms with Gasteiger partial charge in [0.05, 0.1) is 17.0 Å². The van der Waals surface area contributed by atoms with E-state index in [0.717, 1.165) is 0 Å². The number of carbonyl (C=O) groups excluding carboxylic acids is 2. The summed E-state index contributed by atoms with van der Waals surface area (Å²) < 4.78 is 15.3. The van der Waals surface area contributed by atoms with Crippen LogP contribution in [-0.2, 0) is 15.1 Å². The molecule has 2 aliphatic rings. The Morgan fingerprint density at radius 3 is 2.72 bits per heavy atom. The average molecular weight is 480 g/mol. The lowest BCUT2D eigenvalue weighted by atomic mass is 9.73. The van der Waals surface area contributed by atoms with E-state index in [1.54, 1.807) is 23.1 Å². The van der Waals surface area contributed by atoms with Gasteiger partial charge in [-0.25, -0.2) is 4.39 Å². The number of aldehydes is 1. The number of nitrogens with one attached hydrogen (secondary N) is 1. The van der Waals surface area contributed by atoms with Gasteiger partial charge in [-0.15, -0.1) is 0 Å². The van der Waals surface area contributed by atoms with Crippen LogP contribution in [0.25, 0.3) is 0 Å². The predicted octanol–water partition coefficient (Wildman–Crippen LogP) is 4.39. The van der Waals surface area contributed by atoms with Gasteiger partial charge < -0.3 is 10.1 Å². The normalized spacial score (nSPS) is 26.9. The van der Waals surface area contributed by atoms with E-state index in [2.05, 4.69) is 5.32 Å².